The summed E-state index contributed by atoms with van der Waals surface area (Å²) in [6, 6.07) is 18.3. The van der Waals surface area contributed by atoms with Crippen LogP contribution in [0.5, 0.6) is 0 Å². The summed E-state index contributed by atoms with van der Waals surface area (Å²) in [4.78, 5) is 30.2. The standard InChI is InChI=1S/C30H38N4O2/c1-5-24-9-7-10-25(6-2)29(24)31-28(35)21-32-17-8-18-33(20-19-32)30(36)26-13-15-27(16-14-26)34-22(3)11-12-23(34)4/h7,9-16H,5-6,8,17-21H2,1-4H3,(H,31,35). The summed E-state index contributed by atoms with van der Waals surface area (Å²) >= 11 is 0. The molecule has 1 aromatic heterocycles. The molecule has 0 saturated carbocycles. The molecule has 2 amide bonds. The first-order chi connectivity index (χ1) is 17.4. The average Bonchev–Trinajstić information content (AvgIpc) is 3.07. The van der Waals surface area contributed by atoms with Gasteiger partial charge in [-0.05, 0) is 80.6 Å². The second kappa shape index (κ2) is 11.6. The summed E-state index contributed by atoms with van der Waals surface area (Å²) in [6.07, 6.45) is 2.62. The van der Waals surface area contributed by atoms with Crippen LogP contribution in [-0.2, 0) is 17.6 Å². The number of carbonyl (C=O) groups is 2. The molecule has 2 aromatic carbocycles. The Morgan fingerprint density at radius 1 is 0.806 bits per heavy atom. The number of nitrogens with zero attached hydrogens (tertiary/aromatic N) is 3. The minimum absolute atomic E-state index is 0.0107. The van der Waals surface area contributed by atoms with E-state index in [1.807, 2.05) is 29.2 Å². The van der Waals surface area contributed by atoms with E-state index < -0.39 is 0 Å². The number of benzene rings is 2. The minimum Gasteiger partial charge on any atom is -0.337 e. The van der Waals surface area contributed by atoms with Gasteiger partial charge in [0.1, 0.15) is 0 Å². The Balaban J connectivity index is 1.35. The normalized spacial score (nSPS) is 14.5. The Hall–Kier alpha value is -3.38. The fraction of sp³-hybridized carbons (Fsp3) is 0.400. The number of carbonyl (C=O) groups excluding carboxylic acids is 2. The van der Waals surface area contributed by atoms with Gasteiger partial charge in [-0.3, -0.25) is 14.5 Å². The summed E-state index contributed by atoms with van der Waals surface area (Å²) in [5.41, 5.74) is 7.42. The highest BCUT2D eigenvalue weighted by Crippen LogP contribution is 2.23. The molecule has 1 aliphatic rings. The number of anilines is 1. The first kappa shape index (κ1) is 25.7. The van der Waals surface area contributed by atoms with Crippen LogP contribution in [0.1, 0.15) is 53.1 Å². The summed E-state index contributed by atoms with van der Waals surface area (Å²) in [5.74, 6) is 0.0647. The fourth-order valence-electron chi connectivity index (χ4n) is 5.13. The third-order valence-corrected chi connectivity index (χ3v) is 7.15. The zero-order valence-electron chi connectivity index (χ0n) is 22.0. The van der Waals surface area contributed by atoms with Crippen molar-refractivity contribution in [2.24, 2.45) is 0 Å². The molecular formula is C30H38N4O2. The lowest BCUT2D eigenvalue weighted by molar-refractivity contribution is -0.117. The Labute approximate surface area is 214 Å². The average molecular weight is 487 g/mol. The SMILES string of the molecule is CCc1cccc(CC)c1NC(=O)CN1CCCN(C(=O)c2ccc(-n3c(C)ccc3C)cc2)CC1. The van der Waals surface area contributed by atoms with Crippen LogP contribution in [0, 0.1) is 13.8 Å². The molecule has 1 fully saturated rings. The van der Waals surface area contributed by atoms with Gasteiger partial charge in [0.05, 0.1) is 6.54 Å². The second-order valence-corrected chi connectivity index (χ2v) is 9.63. The molecule has 0 radical (unpaired) electrons. The van der Waals surface area contributed by atoms with Crippen molar-refractivity contribution < 1.29 is 9.59 Å². The van der Waals surface area contributed by atoms with Gasteiger partial charge in [0.25, 0.3) is 5.91 Å². The van der Waals surface area contributed by atoms with E-state index in [0.717, 1.165) is 37.2 Å². The molecule has 0 bridgehead atoms. The molecule has 3 aromatic rings. The minimum atomic E-state index is 0.0107. The molecule has 4 rings (SSSR count). The molecule has 0 aliphatic carbocycles. The van der Waals surface area contributed by atoms with E-state index in [-0.39, 0.29) is 11.8 Å². The second-order valence-electron chi connectivity index (χ2n) is 9.63. The van der Waals surface area contributed by atoms with Gasteiger partial charge in [-0.15, -0.1) is 0 Å². The van der Waals surface area contributed by atoms with E-state index in [1.54, 1.807) is 0 Å². The molecule has 1 aliphatic heterocycles. The van der Waals surface area contributed by atoms with Crippen molar-refractivity contribution in [2.45, 2.75) is 47.0 Å². The highest BCUT2D eigenvalue weighted by atomic mass is 16.2. The van der Waals surface area contributed by atoms with Gasteiger partial charge in [-0.1, -0.05) is 32.0 Å². The lowest BCUT2D eigenvalue weighted by Crippen LogP contribution is -2.38. The van der Waals surface area contributed by atoms with Crippen LogP contribution in [0.2, 0.25) is 0 Å². The van der Waals surface area contributed by atoms with Crippen molar-refractivity contribution in [3.05, 3.63) is 82.7 Å². The third-order valence-electron chi connectivity index (χ3n) is 7.15. The number of hydrogen-bond donors (Lipinski definition) is 1. The number of hydrogen-bond acceptors (Lipinski definition) is 3. The molecule has 36 heavy (non-hydrogen) atoms. The number of aromatic nitrogens is 1. The summed E-state index contributed by atoms with van der Waals surface area (Å²) in [6.45, 7) is 11.5. The predicted molar refractivity (Wildman–Crippen MR) is 146 cm³/mol. The predicted octanol–water partition coefficient (Wildman–Crippen LogP) is 5.01. The maximum atomic E-state index is 13.2. The topological polar surface area (TPSA) is 57.6 Å². The van der Waals surface area contributed by atoms with Gasteiger partial charge >= 0.3 is 0 Å². The van der Waals surface area contributed by atoms with Gasteiger partial charge in [0.15, 0.2) is 0 Å². The van der Waals surface area contributed by atoms with E-state index in [0.29, 0.717) is 31.7 Å². The van der Waals surface area contributed by atoms with Crippen LogP contribution in [0.25, 0.3) is 5.69 Å². The zero-order valence-corrected chi connectivity index (χ0v) is 22.0. The number of nitrogens with one attached hydrogen (secondary N) is 1. The zero-order chi connectivity index (χ0) is 25.7. The molecule has 1 N–H and O–H groups in total. The van der Waals surface area contributed by atoms with Crippen molar-refractivity contribution in [3.8, 4) is 5.69 Å². The Kier molecular flexibility index (Phi) is 8.26. The summed E-state index contributed by atoms with van der Waals surface area (Å²) in [5, 5.41) is 3.17. The quantitative estimate of drug-likeness (QED) is 0.511. The van der Waals surface area contributed by atoms with E-state index in [4.69, 9.17) is 0 Å². The molecular weight excluding hydrogens is 448 g/mol. The molecule has 190 valence electrons. The number of para-hydroxylation sites is 1. The molecule has 2 heterocycles. The highest BCUT2D eigenvalue weighted by molar-refractivity contribution is 5.95. The van der Waals surface area contributed by atoms with Crippen molar-refractivity contribution in [3.63, 3.8) is 0 Å². The van der Waals surface area contributed by atoms with Crippen LogP contribution in [-0.4, -0.2) is 58.9 Å². The van der Waals surface area contributed by atoms with E-state index in [1.165, 1.54) is 22.5 Å². The largest absolute Gasteiger partial charge is 0.337 e. The Morgan fingerprint density at radius 2 is 1.44 bits per heavy atom. The molecule has 6 heteroatoms. The van der Waals surface area contributed by atoms with Crippen LogP contribution >= 0.6 is 0 Å². The molecule has 0 atom stereocenters. The van der Waals surface area contributed by atoms with Crippen LogP contribution in [0.3, 0.4) is 0 Å². The number of amides is 2. The third kappa shape index (κ3) is 5.71. The Morgan fingerprint density at radius 3 is 2.06 bits per heavy atom. The number of aryl methyl sites for hydroxylation is 4. The first-order valence-electron chi connectivity index (χ1n) is 13.1. The van der Waals surface area contributed by atoms with Crippen molar-refractivity contribution in [2.75, 3.05) is 38.0 Å². The highest BCUT2D eigenvalue weighted by Gasteiger charge is 2.22. The summed E-state index contributed by atoms with van der Waals surface area (Å²) in [7, 11) is 0. The monoisotopic (exact) mass is 486 g/mol. The number of rotatable bonds is 7. The smallest absolute Gasteiger partial charge is 0.253 e. The lowest BCUT2D eigenvalue weighted by atomic mass is 10.0. The first-order valence-corrected chi connectivity index (χ1v) is 13.1. The van der Waals surface area contributed by atoms with Crippen LogP contribution in [0.4, 0.5) is 5.69 Å². The van der Waals surface area contributed by atoms with E-state index in [9.17, 15) is 9.59 Å². The van der Waals surface area contributed by atoms with Crippen molar-refractivity contribution in [1.29, 1.82) is 0 Å². The lowest BCUT2D eigenvalue weighted by Gasteiger charge is -2.22. The van der Waals surface area contributed by atoms with Crippen molar-refractivity contribution >= 4 is 17.5 Å². The van der Waals surface area contributed by atoms with Gasteiger partial charge in [-0.25, -0.2) is 0 Å². The van der Waals surface area contributed by atoms with Crippen molar-refractivity contribution in [1.82, 2.24) is 14.4 Å². The van der Waals surface area contributed by atoms with Gasteiger partial charge in [0.2, 0.25) is 5.91 Å². The molecule has 0 unspecified atom stereocenters. The molecule has 1 saturated heterocycles. The van der Waals surface area contributed by atoms with E-state index >= 15 is 0 Å². The van der Waals surface area contributed by atoms with E-state index in [2.05, 4.69) is 72.8 Å². The van der Waals surface area contributed by atoms with Gasteiger partial charge in [-0.2, -0.15) is 0 Å². The van der Waals surface area contributed by atoms with Gasteiger partial charge < -0.3 is 14.8 Å². The van der Waals surface area contributed by atoms with Crippen LogP contribution < -0.4 is 5.32 Å². The maximum Gasteiger partial charge on any atom is 0.253 e. The summed E-state index contributed by atoms with van der Waals surface area (Å²) < 4.78 is 2.19. The van der Waals surface area contributed by atoms with Crippen LogP contribution in [0.15, 0.2) is 54.6 Å². The van der Waals surface area contributed by atoms with Gasteiger partial charge in [0, 0.05) is 54.5 Å². The molecule has 0 spiro atoms. The maximum absolute atomic E-state index is 13.2. The Bertz CT molecular complexity index is 1170. The fourth-order valence-corrected chi connectivity index (χ4v) is 5.13. The molecule has 6 nitrogen and oxygen atoms in total.